The van der Waals surface area contributed by atoms with Gasteiger partial charge in [-0.1, -0.05) is 12.1 Å². The van der Waals surface area contributed by atoms with Crippen LogP contribution in [0.2, 0.25) is 0 Å². The summed E-state index contributed by atoms with van der Waals surface area (Å²) in [6, 6.07) is 6.96. The van der Waals surface area contributed by atoms with Gasteiger partial charge >= 0.3 is 0 Å². The van der Waals surface area contributed by atoms with Crippen molar-refractivity contribution in [3.05, 3.63) is 46.9 Å². The SMILES string of the molecule is COc1c(CNCC2(c3cccc(F)c3)CCOCC2)c(C)nn1C. The average molecular weight is 347 g/mol. The van der Waals surface area contributed by atoms with Crippen LogP contribution >= 0.6 is 0 Å². The molecule has 25 heavy (non-hydrogen) atoms. The lowest BCUT2D eigenvalue weighted by atomic mass is 9.74. The minimum Gasteiger partial charge on any atom is -0.481 e. The first-order valence-electron chi connectivity index (χ1n) is 8.67. The highest BCUT2D eigenvalue weighted by Crippen LogP contribution is 2.35. The molecule has 5 nitrogen and oxygen atoms in total. The molecule has 1 N–H and O–H groups in total. The van der Waals surface area contributed by atoms with Crippen molar-refractivity contribution in [1.29, 1.82) is 0 Å². The van der Waals surface area contributed by atoms with Crippen LogP contribution in [0.3, 0.4) is 0 Å². The smallest absolute Gasteiger partial charge is 0.216 e. The fraction of sp³-hybridized carbons (Fsp3) is 0.526. The van der Waals surface area contributed by atoms with Gasteiger partial charge in [0.2, 0.25) is 5.88 Å². The number of aromatic nitrogens is 2. The molecule has 1 aliphatic rings. The Morgan fingerprint density at radius 1 is 1.36 bits per heavy atom. The number of methoxy groups -OCH3 is 1. The molecule has 1 aromatic carbocycles. The predicted octanol–water partition coefficient (Wildman–Crippen LogP) is 2.71. The third kappa shape index (κ3) is 3.70. The number of halogens is 1. The number of nitrogens with zero attached hydrogens (tertiary/aromatic N) is 2. The van der Waals surface area contributed by atoms with Crippen LogP contribution in [0.1, 0.15) is 29.7 Å². The number of nitrogens with one attached hydrogen (secondary N) is 1. The Balaban J connectivity index is 1.76. The highest BCUT2D eigenvalue weighted by molar-refractivity contribution is 5.31. The van der Waals surface area contributed by atoms with E-state index in [9.17, 15) is 4.39 Å². The summed E-state index contributed by atoms with van der Waals surface area (Å²) < 4.78 is 26.5. The number of benzene rings is 1. The van der Waals surface area contributed by atoms with Crippen LogP contribution in [0.25, 0.3) is 0 Å². The van der Waals surface area contributed by atoms with Crippen LogP contribution in [-0.4, -0.2) is 36.6 Å². The van der Waals surface area contributed by atoms with Crippen LogP contribution < -0.4 is 10.1 Å². The summed E-state index contributed by atoms with van der Waals surface area (Å²) in [5, 5.41) is 7.96. The number of ether oxygens (including phenoxy) is 2. The molecule has 0 radical (unpaired) electrons. The first kappa shape index (κ1) is 17.9. The monoisotopic (exact) mass is 347 g/mol. The lowest BCUT2D eigenvalue weighted by Gasteiger charge is -2.38. The van der Waals surface area contributed by atoms with Crippen molar-refractivity contribution in [3.63, 3.8) is 0 Å². The van der Waals surface area contributed by atoms with E-state index in [0.29, 0.717) is 19.8 Å². The number of hydrogen-bond acceptors (Lipinski definition) is 4. The maximum atomic E-state index is 13.8. The Kier molecular flexibility index (Phi) is 5.39. The van der Waals surface area contributed by atoms with Crippen molar-refractivity contribution in [2.24, 2.45) is 7.05 Å². The molecule has 136 valence electrons. The second-order valence-electron chi connectivity index (χ2n) is 6.70. The highest BCUT2D eigenvalue weighted by atomic mass is 19.1. The van der Waals surface area contributed by atoms with Crippen LogP contribution in [0, 0.1) is 12.7 Å². The van der Waals surface area contributed by atoms with Gasteiger partial charge in [-0.3, -0.25) is 0 Å². The second kappa shape index (κ2) is 7.54. The zero-order valence-corrected chi connectivity index (χ0v) is 15.1. The zero-order valence-electron chi connectivity index (χ0n) is 15.1. The van der Waals surface area contributed by atoms with Gasteiger partial charge in [-0.05, 0) is 37.5 Å². The summed E-state index contributed by atoms with van der Waals surface area (Å²) in [5.74, 6) is 0.588. The van der Waals surface area contributed by atoms with E-state index >= 15 is 0 Å². The summed E-state index contributed by atoms with van der Waals surface area (Å²) in [6.45, 7) is 4.81. The molecular formula is C19H26FN3O2. The summed E-state index contributed by atoms with van der Waals surface area (Å²) >= 11 is 0. The van der Waals surface area contributed by atoms with Crippen molar-refractivity contribution < 1.29 is 13.9 Å². The third-order valence-corrected chi connectivity index (χ3v) is 5.13. The van der Waals surface area contributed by atoms with Crippen molar-refractivity contribution in [2.75, 3.05) is 26.9 Å². The van der Waals surface area contributed by atoms with Gasteiger partial charge < -0.3 is 14.8 Å². The molecule has 0 aliphatic carbocycles. The maximum Gasteiger partial charge on any atom is 0.216 e. The summed E-state index contributed by atoms with van der Waals surface area (Å²) in [7, 11) is 3.54. The minimum absolute atomic E-state index is 0.107. The van der Waals surface area contributed by atoms with Crippen LogP contribution in [0.4, 0.5) is 4.39 Å². The standard InChI is InChI=1S/C19H26FN3O2/c1-14-17(18(24-3)23(2)22-14)12-21-13-19(7-9-25-10-8-19)15-5-4-6-16(20)11-15/h4-6,11,21H,7-10,12-13H2,1-3H3. The topological polar surface area (TPSA) is 48.3 Å². The fourth-order valence-electron chi connectivity index (χ4n) is 3.71. The first-order valence-corrected chi connectivity index (χ1v) is 8.67. The molecule has 0 spiro atoms. The molecule has 2 aromatic rings. The molecule has 2 heterocycles. The first-order chi connectivity index (χ1) is 12.1. The van der Waals surface area contributed by atoms with E-state index in [0.717, 1.165) is 42.1 Å². The van der Waals surface area contributed by atoms with Crippen LogP contribution in [0.15, 0.2) is 24.3 Å². The molecule has 1 aliphatic heterocycles. The Hall–Kier alpha value is -1.92. The molecule has 3 rings (SSSR count). The molecule has 6 heteroatoms. The Bertz CT molecular complexity index is 723. The molecular weight excluding hydrogens is 321 g/mol. The van der Waals surface area contributed by atoms with Gasteiger partial charge in [0.25, 0.3) is 0 Å². The van der Waals surface area contributed by atoms with E-state index in [2.05, 4.69) is 10.4 Å². The molecule has 0 saturated carbocycles. The van der Waals surface area contributed by atoms with Crippen LogP contribution in [0.5, 0.6) is 5.88 Å². The molecule has 0 amide bonds. The van der Waals surface area contributed by atoms with E-state index in [1.165, 1.54) is 6.07 Å². The van der Waals surface area contributed by atoms with Crippen LogP contribution in [-0.2, 0) is 23.7 Å². The van der Waals surface area contributed by atoms with Crippen molar-refractivity contribution in [1.82, 2.24) is 15.1 Å². The summed E-state index contributed by atoms with van der Waals surface area (Å²) in [6.07, 6.45) is 1.76. The number of rotatable bonds is 6. The summed E-state index contributed by atoms with van der Waals surface area (Å²) in [4.78, 5) is 0. The van der Waals surface area contributed by atoms with Gasteiger partial charge in [-0.25, -0.2) is 9.07 Å². The van der Waals surface area contributed by atoms with Gasteiger partial charge in [0.1, 0.15) is 5.82 Å². The molecule has 1 fully saturated rings. The highest BCUT2D eigenvalue weighted by Gasteiger charge is 2.34. The Morgan fingerprint density at radius 3 is 2.80 bits per heavy atom. The van der Waals surface area contributed by atoms with Crippen molar-refractivity contribution >= 4 is 0 Å². The van der Waals surface area contributed by atoms with Gasteiger partial charge in [0.15, 0.2) is 0 Å². The number of hydrogen-bond donors (Lipinski definition) is 1. The largest absolute Gasteiger partial charge is 0.481 e. The quantitative estimate of drug-likeness (QED) is 0.873. The van der Waals surface area contributed by atoms with Crippen molar-refractivity contribution in [2.45, 2.75) is 31.7 Å². The molecule has 1 saturated heterocycles. The molecule has 0 bridgehead atoms. The normalized spacial score (nSPS) is 16.8. The number of aryl methyl sites for hydroxylation is 2. The Labute approximate surface area is 148 Å². The van der Waals surface area contributed by atoms with Gasteiger partial charge in [-0.2, -0.15) is 5.10 Å². The summed E-state index contributed by atoms with van der Waals surface area (Å²) in [5.41, 5.74) is 2.95. The predicted molar refractivity (Wildman–Crippen MR) is 94.3 cm³/mol. The Morgan fingerprint density at radius 2 is 2.12 bits per heavy atom. The lowest BCUT2D eigenvalue weighted by molar-refractivity contribution is 0.0496. The van der Waals surface area contributed by atoms with Gasteiger partial charge in [-0.15, -0.1) is 0 Å². The van der Waals surface area contributed by atoms with E-state index in [-0.39, 0.29) is 11.2 Å². The zero-order chi connectivity index (χ0) is 17.9. The molecule has 1 aromatic heterocycles. The van der Waals surface area contributed by atoms with Crippen molar-refractivity contribution in [3.8, 4) is 5.88 Å². The lowest BCUT2D eigenvalue weighted by Crippen LogP contribution is -2.42. The van der Waals surface area contributed by atoms with Gasteiger partial charge in [0.05, 0.1) is 18.4 Å². The minimum atomic E-state index is -0.187. The maximum absolute atomic E-state index is 13.8. The third-order valence-electron chi connectivity index (χ3n) is 5.13. The van der Waals surface area contributed by atoms with E-state index < -0.39 is 0 Å². The average Bonchev–Trinajstić information content (AvgIpc) is 2.88. The molecule has 0 atom stereocenters. The fourth-order valence-corrected chi connectivity index (χ4v) is 3.71. The van der Waals surface area contributed by atoms with E-state index in [4.69, 9.17) is 9.47 Å². The van der Waals surface area contributed by atoms with E-state index in [1.54, 1.807) is 23.9 Å². The van der Waals surface area contributed by atoms with Gasteiger partial charge in [0, 0.05) is 38.8 Å². The molecule has 0 unspecified atom stereocenters. The second-order valence-corrected chi connectivity index (χ2v) is 6.70. The van der Waals surface area contributed by atoms with E-state index in [1.807, 2.05) is 20.0 Å².